The standard InChI is InChI=1S/C19H24F3N7O/c1-13-23-12-14(15(24-13)19(20,21)22)16-25-17(28-6-4-2-3-5-7-28)27-18(26-16)29-8-10-30-11-9-29/h12H,2-11H2,1H3. The molecule has 2 aliphatic heterocycles. The minimum atomic E-state index is -4.64. The molecule has 0 unspecified atom stereocenters. The first kappa shape index (κ1) is 20.7. The zero-order valence-corrected chi connectivity index (χ0v) is 16.8. The first-order valence-corrected chi connectivity index (χ1v) is 10.2. The molecule has 0 aliphatic carbocycles. The predicted octanol–water partition coefficient (Wildman–Crippen LogP) is 2.87. The van der Waals surface area contributed by atoms with Crippen LogP contribution in [0, 0.1) is 6.92 Å². The van der Waals surface area contributed by atoms with Crippen molar-refractivity contribution < 1.29 is 17.9 Å². The van der Waals surface area contributed by atoms with E-state index in [1.54, 1.807) is 0 Å². The largest absolute Gasteiger partial charge is 0.434 e. The molecule has 0 radical (unpaired) electrons. The number of anilines is 2. The Kier molecular flexibility index (Phi) is 5.98. The Balaban J connectivity index is 1.82. The fraction of sp³-hybridized carbons (Fsp3) is 0.632. The summed E-state index contributed by atoms with van der Waals surface area (Å²) in [5.41, 5.74) is -1.27. The van der Waals surface area contributed by atoms with Crippen LogP contribution in [0.2, 0.25) is 0 Å². The summed E-state index contributed by atoms with van der Waals surface area (Å²) in [6, 6.07) is 0. The van der Waals surface area contributed by atoms with E-state index in [1.807, 2.05) is 9.80 Å². The van der Waals surface area contributed by atoms with Gasteiger partial charge in [-0.1, -0.05) is 12.8 Å². The maximum Gasteiger partial charge on any atom is 0.434 e. The molecule has 0 atom stereocenters. The number of morpholine rings is 1. The molecular formula is C19H24F3N7O. The second-order valence-corrected chi connectivity index (χ2v) is 7.44. The third-order valence-electron chi connectivity index (χ3n) is 5.21. The number of alkyl halides is 3. The minimum Gasteiger partial charge on any atom is -0.378 e. The molecule has 2 saturated heterocycles. The fourth-order valence-electron chi connectivity index (χ4n) is 3.64. The lowest BCUT2D eigenvalue weighted by Crippen LogP contribution is -2.38. The number of halogens is 3. The smallest absolute Gasteiger partial charge is 0.378 e. The first-order chi connectivity index (χ1) is 14.4. The van der Waals surface area contributed by atoms with Gasteiger partial charge in [-0.15, -0.1) is 0 Å². The predicted molar refractivity (Wildman–Crippen MR) is 104 cm³/mol. The highest BCUT2D eigenvalue weighted by atomic mass is 19.4. The van der Waals surface area contributed by atoms with Gasteiger partial charge in [-0.25, -0.2) is 9.97 Å². The van der Waals surface area contributed by atoms with Gasteiger partial charge in [0.25, 0.3) is 0 Å². The highest BCUT2D eigenvalue weighted by Crippen LogP contribution is 2.35. The van der Waals surface area contributed by atoms with Crippen LogP contribution in [0.15, 0.2) is 6.20 Å². The molecular weight excluding hydrogens is 399 g/mol. The summed E-state index contributed by atoms with van der Waals surface area (Å²) < 4.78 is 46.4. The minimum absolute atomic E-state index is 0.0428. The van der Waals surface area contributed by atoms with Crippen molar-refractivity contribution in [2.45, 2.75) is 38.8 Å². The Labute approximate surface area is 172 Å². The van der Waals surface area contributed by atoms with E-state index in [1.165, 1.54) is 6.92 Å². The van der Waals surface area contributed by atoms with E-state index in [2.05, 4.69) is 24.9 Å². The number of aromatic nitrogens is 5. The molecule has 11 heteroatoms. The molecule has 0 N–H and O–H groups in total. The van der Waals surface area contributed by atoms with Crippen molar-refractivity contribution in [1.29, 1.82) is 0 Å². The molecule has 4 heterocycles. The third-order valence-corrected chi connectivity index (χ3v) is 5.21. The number of ether oxygens (including phenoxy) is 1. The van der Waals surface area contributed by atoms with Crippen LogP contribution in [-0.4, -0.2) is 64.3 Å². The second kappa shape index (κ2) is 8.66. The van der Waals surface area contributed by atoms with Gasteiger partial charge >= 0.3 is 6.18 Å². The number of hydrogen-bond acceptors (Lipinski definition) is 8. The van der Waals surface area contributed by atoms with Crippen molar-refractivity contribution in [3.8, 4) is 11.4 Å². The van der Waals surface area contributed by atoms with Crippen LogP contribution in [0.25, 0.3) is 11.4 Å². The lowest BCUT2D eigenvalue weighted by Gasteiger charge is -2.28. The first-order valence-electron chi connectivity index (χ1n) is 10.2. The van der Waals surface area contributed by atoms with Crippen molar-refractivity contribution in [3.05, 3.63) is 17.7 Å². The van der Waals surface area contributed by atoms with Gasteiger partial charge in [0.05, 0.1) is 18.8 Å². The molecule has 0 aromatic carbocycles. The lowest BCUT2D eigenvalue weighted by molar-refractivity contribution is -0.140. The SMILES string of the molecule is Cc1ncc(-c2nc(N3CCCCCC3)nc(N3CCOCC3)n2)c(C(F)(F)F)n1. The Morgan fingerprint density at radius 3 is 2.03 bits per heavy atom. The summed E-state index contributed by atoms with van der Waals surface area (Å²) in [6.45, 7) is 5.13. The van der Waals surface area contributed by atoms with E-state index in [0.717, 1.165) is 45.0 Å². The maximum atomic E-state index is 13.7. The summed E-state index contributed by atoms with van der Waals surface area (Å²) in [7, 11) is 0. The number of nitrogens with zero attached hydrogens (tertiary/aromatic N) is 7. The zero-order valence-electron chi connectivity index (χ0n) is 16.8. The molecule has 0 spiro atoms. The van der Waals surface area contributed by atoms with Gasteiger partial charge in [-0.3, -0.25) is 0 Å². The van der Waals surface area contributed by atoms with Gasteiger partial charge in [0.15, 0.2) is 11.5 Å². The molecule has 30 heavy (non-hydrogen) atoms. The van der Waals surface area contributed by atoms with Crippen molar-refractivity contribution >= 4 is 11.9 Å². The Morgan fingerprint density at radius 2 is 1.43 bits per heavy atom. The van der Waals surface area contributed by atoms with Crippen molar-refractivity contribution in [1.82, 2.24) is 24.9 Å². The molecule has 2 fully saturated rings. The monoisotopic (exact) mass is 423 g/mol. The normalized spacial score (nSPS) is 18.4. The molecule has 0 amide bonds. The van der Waals surface area contributed by atoms with Gasteiger partial charge in [0.2, 0.25) is 11.9 Å². The van der Waals surface area contributed by atoms with Crippen LogP contribution in [-0.2, 0) is 10.9 Å². The lowest BCUT2D eigenvalue weighted by atomic mass is 10.2. The molecule has 0 bridgehead atoms. The van der Waals surface area contributed by atoms with Crippen molar-refractivity contribution in [3.63, 3.8) is 0 Å². The molecule has 4 rings (SSSR count). The maximum absolute atomic E-state index is 13.7. The van der Waals surface area contributed by atoms with Crippen LogP contribution >= 0.6 is 0 Å². The van der Waals surface area contributed by atoms with E-state index in [-0.39, 0.29) is 17.2 Å². The average Bonchev–Trinajstić information content (AvgIpc) is 3.03. The van der Waals surface area contributed by atoms with Crippen molar-refractivity contribution in [2.75, 3.05) is 49.2 Å². The summed E-state index contributed by atoms with van der Waals surface area (Å²) in [5.74, 6) is 0.743. The van der Waals surface area contributed by atoms with E-state index in [4.69, 9.17) is 4.74 Å². The molecule has 8 nitrogen and oxygen atoms in total. The third kappa shape index (κ3) is 4.61. The highest BCUT2D eigenvalue weighted by molar-refractivity contribution is 5.61. The molecule has 0 saturated carbocycles. The highest BCUT2D eigenvalue weighted by Gasteiger charge is 2.37. The summed E-state index contributed by atoms with van der Waals surface area (Å²) in [5, 5.41) is 0. The van der Waals surface area contributed by atoms with Crippen molar-refractivity contribution in [2.24, 2.45) is 0 Å². The van der Waals surface area contributed by atoms with Gasteiger partial charge in [-0.05, 0) is 19.8 Å². The zero-order chi connectivity index (χ0) is 21.1. The van der Waals surface area contributed by atoms with Gasteiger partial charge < -0.3 is 14.5 Å². The summed E-state index contributed by atoms with van der Waals surface area (Å²) >= 11 is 0. The summed E-state index contributed by atoms with van der Waals surface area (Å²) in [6.07, 6.45) is 0.738. The Bertz CT molecular complexity index is 879. The number of rotatable bonds is 3. The Hall–Kier alpha value is -2.56. The van der Waals surface area contributed by atoms with Gasteiger partial charge in [-0.2, -0.15) is 28.1 Å². The molecule has 2 aliphatic rings. The van der Waals surface area contributed by atoms with Crippen LogP contribution in [0.3, 0.4) is 0 Å². The van der Waals surface area contributed by atoms with E-state index in [0.29, 0.717) is 38.2 Å². The van der Waals surface area contributed by atoms with Crippen LogP contribution in [0.5, 0.6) is 0 Å². The van der Waals surface area contributed by atoms with Gasteiger partial charge in [0, 0.05) is 32.4 Å². The van der Waals surface area contributed by atoms with Crippen LogP contribution < -0.4 is 9.80 Å². The second-order valence-electron chi connectivity index (χ2n) is 7.44. The number of aryl methyl sites for hydroxylation is 1. The van der Waals surface area contributed by atoms with E-state index in [9.17, 15) is 13.2 Å². The number of hydrogen-bond donors (Lipinski definition) is 0. The average molecular weight is 423 g/mol. The van der Waals surface area contributed by atoms with Crippen LogP contribution in [0.4, 0.5) is 25.1 Å². The Morgan fingerprint density at radius 1 is 0.833 bits per heavy atom. The topological polar surface area (TPSA) is 80.2 Å². The van der Waals surface area contributed by atoms with Gasteiger partial charge in [0.1, 0.15) is 5.82 Å². The fourth-order valence-corrected chi connectivity index (χ4v) is 3.64. The quantitative estimate of drug-likeness (QED) is 0.746. The molecule has 2 aromatic rings. The molecule has 2 aromatic heterocycles. The summed E-state index contributed by atoms with van der Waals surface area (Å²) in [4.78, 5) is 25.0. The van der Waals surface area contributed by atoms with E-state index < -0.39 is 11.9 Å². The molecule has 162 valence electrons. The van der Waals surface area contributed by atoms with E-state index >= 15 is 0 Å². The van der Waals surface area contributed by atoms with Crippen LogP contribution in [0.1, 0.15) is 37.2 Å².